The monoisotopic (exact) mass is 402 g/mol. The minimum absolute atomic E-state index is 0.0887. The van der Waals surface area contributed by atoms with Gasteiger partial charge in [-0.3, -0.25) is 9.97 Å². The summed E-state index contributed by atoms with van der Waals surface area (Å²) in [5.74, 6) is 2.09. The Hall–Kier alpha value is -4.14. The smallest absolute Gasteiger partial charge is 0.150 e. The number of aromatic nitrogens is 5. The molecule has 150 valence electrons. The van der Waals surface area contributed by atoms with Gasteiger partial charge >= 0.3 is 0 Å². The van der Waals surface area contributed by atoms with Crippen LogP contribution in [0.15, 0.2) is 73.6 Å². The second-order valence-electron chi connectivity index (χ2n) is 6.48. The van der Waals surface area contributed by atoms with Crippen LogP contribution < -0.4 is 16.0 Å². The first-order valence-corrected chi connectivity index (χ1v) is 9.26. The molecule has 3 N–H and O–H groups in total. The van der Waals surface area contributed by atoms with Gasteiger partial charge in [-0.1, -0.05) is 12.1 Å². The maximum Gasteiger partial charge on any atom is 0.150 e. The highest BCUT2D eigenvalue weighted by atomic mass is 19.1. The normalized spacial score (nSPS) is 11.5. The van der Waals surface area contributed by atoms with Crippen LogP contribution in [-0.4, -0.2) is 24.9 Å². The minimum Gasteiger partial charge on any atom is -0.363 e. The maximum atomic E-state index is 13.2. The van der Waals surface area contributed by atoms with Gasteiger partial charge in [-0.15, -0.1) is 0 Å². The SMILES string of the molecule is C[C@H](Nc1cc(Nc2cnccn2)cc(Nc2cnccn2)n1)c1ccc(F)cc1. The minimum atomic E-state index is -0.269. The van der Waals surface area contributed by atoms with E-state index in [4.69, 9.17) is 0 Å². The van der Waals surface area contributed by atoms with Crippen LogP contribution in [0.3, 0.4) is 0 Å². The Kier molecular flexibility index (Phi) is 5.70. The Morgan fingerprint density at radius 2 is 1.40 bits per heavy atom. The van der Waals surface area contributed by atoms with Crippen LogP contribution in [0.5, 0.6) is 0 Å². The van der Waals surface area contributed by atoms with Crippen LogP contribution in [0.25, 0.3) is 0 Å². The molecule has 0 fully saturated rings. The second-order valence-corrected chi connectivity index (χ2v) is 6.48. The maximum absolute atomic E-state index is 13.2. The van der Waals surface area contributed by atoms with Crippen molar-refractivity contribution in [3.05, 3.63) is 85.0 Å². The molecule has 0 aliphatic carbocycles. The number of nitrogens with one attached hydrogen (secondary N) is 3. The van der Waals surface area contributed by atoms with E-state index < -0.39 is 0 Å². The van der Waals surface area contributed by atoms with Gasteiger partial charge in [-0.05, 0) is 24.6 Å². The number of benzene rings is 1. The molecule has 0 amide bonds. The van der Waals surface area contributed by atoms with Gasteiger partial charge < -0.3 is 16.0 Å². The average molecular weight is 402 g/mol. The van der Waals surface area contributed by atoms with Gasteiger partial charge in [-0.25, -0.2) is 19.3 Å². The summed E-state index contributed by atoms with van der Waals surface area (Å²) in [5.41, 5.74) is 1.69. The fourth-order valence-electron chi connectivity index (χ4n) is 2.80. The lowest BCUT2D eigenvalue weighted by Crippen LogP contribution is -2.09. The highest BCUT2D eigenvalue weighted by Crippen LogP contribution is 2.26. The molecule has 0 bridgehead atoms. The molecule has 0 aliphatic heterocycles. The molecule has 4 rings (SSSR count). The topological polar surface area (TPSA) is 101 Å². The molecule has 4 aromatic rings. The van der Waals surface area contributed by atoms with Crippen LogP contribution >= 0.6 is 0 Å². The Bertz CT molecular complexity index is 1030. The number of nitrogens with zero attached hydrogens (tertiary/aromatic N) is 5. The van der Waals surface area contributed by atoms with E-state index in [1.165, 1.54) is 12.1 Å². The van der Waals surface area contributed by atoms with Gasteiger partial charge in [0.1, 0.15) is 29.1 Å². The van der Waals surface area contributed by atoms with Crippen molar-refractivity contribution in [3.63, 3.8) is 0 Å². The van der Waals surface area contributed by atoms with E-state index in [-0.39, 0.29) is 11.9 Å². The molecule has 0 radical (unpaired) electrons. The molecule has 9 heteroatoms. The van der Waals surface area contributed by atoms with E-state index >= 15 is 0 Å². The molecule has 0 spiro atoms. The first-order valence-electron chi connectivity index (χ1n) is 9.26. The molecular weight excluding hydrogens is 383 g/mol. The standard InChI is InChI=1S/C21H19FN8/c1-14(15-2-4-16(22)5-3-15)27-18-10-17(28-20-12-23-6-8-25-20)11-19(29-18)30-21-13-24-7-9-26-21/h2-14H,1H3,(H3,25,26,27,28,29,30)/t14-/m0/s1. The molecule has 3 aromatic heterocycles. The zero-order valence-corrected chi connectivity index (χ0v) is 16.1. The number of halogens is 1. The molecular formula is C21H19FN8. The molecule has 0 unspecified atom stereocenters. The number of rotatable bonds is 7. The first kappa shape index (κ1) is 19.2. The van der Waals surface area contributed by atoms with E-state index in [0.717, 1.165) is 11.3 Å². The van der Waals surface area contributed by atoms with Gasteiger partial charge in [0.05, 0.1) is 12.4 Å². The zero-order chi connectivity index (χ0) is 20.8. The molecule has 1 atom stereocenters. The Balaban J connectivity index is 1.61. The van der Waals surface area contributed by atoms with Crippen molar-refractivity contribution in [2.24, 2.45) is 0 Å². The van der Waals surface area contributed by atoms with Crippen LogP contribution in [-0.2, 0) is 0 Å². The van der Waals surface area contributed by atoms with Crippen molar-refractivity contribution >= 4 is 29.0 Å². The molecule has 3 heterocycles. The highest BCUT2D eigenvalue weighted by molar-refractivity contribution is 5.67. The summed E-state index contributed by atoms with van der Waals surface area (Å²) in [7, 11) is 0. The Morgan fingerprint density at radius 1 is 0.767 bits per heavy atom. The summed E-state index contributed by atoms with van der Waals surface area (Å²) in [6, 6.07) is 9.96. The van der Waals surface area contributed by atoms with Crippen LogP contribution in [0, 0.1) is 5.82 Å². The van der Waals surface area contributed by atoms with Gasteiger partial charge in [0, 0.05) is 48.6 Å². The van der Waals surface area contributed by atoms with Gasteiger partial charge in [0.2, 0.25) is 0 Å². The predicted octanol–water partition coefficient (Wildman–Crippen LogP) is 4.46. The molecule has 0 saturated heterocycles. The van der Waals surface area contributed by atoms with Gasteiger partial charge in [-0.2, -0.15) is 0 Å². The lowest BCUT2D eigenvalue weighted by atomic mass is 10.1. The van der Waals surface area contributed by atoms with Crippen molar-refractivity contribution in [3.8, 4) is 0 Å². The van der Waals surface area contributed by atoms with Crippen molar-refractivity contribution in [1.82, 2.24) is 24.9 Å². The summed E-state index contributed by atoms with van der Waals surface area (Å²) in [6.45, 7) is 1.98. The molecule has 30 heavy (non-hydrogen) atoms. The van der Waals surface area contributed by atoms with Gasteiger partial charge in [0.15, 0.2) is 0 Å². The van der Waals surface area contributed by atoms with Crippen LogP contribution in [0.1, 0.15) is 18.5 Å². The molecule has 8 nitrogen and oxygen atoms in total. The molecule has 0 aliphatic rings. The Labute approximate surface area is 172 Å². The van der Waals surface area contributed by atoms with Crippen molar-refractivity contribution in [1.29, 1.82) is 0 Å². The van der Waals surface area contributed by atoms with E-state index in [1.807, 2.05) is 19.1 Å². The quantitative estimate of drug-likeness (QED) is 0.417. The third-order valence-electron chi connectivity index (χ3n) is 4.21. The van der Waals surface area contributed by atoms with Gasteiger partial charge in [0.25, 0.3) is 0 Å². The average Bonchev–Trinajstić information content (AvgIpc) is 2.75. The van der Waals surface area contributed by atoms with Crippen molar-refractivity contribution in [2.45, 2.75) is 13.0 Å². The summed E-state index contributed by atoms with van der Waals surface area (Å²) in [5, 5.41) is 9.70. The summed E-state index contributed by atoms with van der Waals surface area (Å²) in [4.78, 5) is 21.2. The highest BCUT2D eigenvalue weighted by Gasteiger charge is 2.10. The number of hydrogen-bond donors (Lipinski definition) is 3. The fourth-order valence-corrected chi connectivity index (χ4v) is 2.80. The molecule has 0 saturated carbocycles. The van der Waals surface area contributed by atoms with Crippen molar-refractivity contribution in [2.75, 3.05) is 16.0 Å². The summed E-state index contributed by atoms with van der Waals surface area (Å²) < 4.78 is 13.2. The zero-order valence-electron chi connectivity index (χ0n) is 16.1. The largest absolute Gasteiger partial charge is 0.363 e. The fraction of sp³-hybridized carbons (Fsp3) is 0.0952. The predicted molar refractivity (Wildman–Crippen MR) is 113 cm³/mol. The van der Waals surface area contributed by atoms with E-state index in [1.54, 1.807) is 49.3 Å². The number of anilines is 5. The van der Waals surface area contributed by atoms with E-state index in [2.05, 4.69) is 40.9 Å². The lowest BCUT2D eigenvalue weighted by Gasteiger charge is -2.17. The first-order chi connectivity index (χ1) is 14.7. The number of pyridine rings is 1. The third-order valence-corrected chi connectivity index (χ3v) is 4.21. The number of hydrogen-bond acceptors (Lipinski definition) is 8. The van der Waals surface area contributed by atoms with Crippen molar-refractivity contribution < 1.29 is 4.39 Å². The second kappa shape index (κ2) is 8.91. The van der Waals surface area contributed by atoms with E-state index in [9.17, 15) is 4.39 Å². The van der Waals surface area contributed by atoms with E-state index in [0.29, 0.717) is 23.3 Å². The summed E-state index contributed by atoms with van der Waals surface area (Å²) >= 11 is 0. The van der Waals surface area contributed by atoms with Crippen LogP contribution in [0.2, 0.25) is 0 Å². The molecule has 1 aromatic carbocycles. The third kappa shape index (κ3) is 5.02. The van der Waals surface area contributed by atoms with Crippen LogP contribution in [0.4, 0.5) is 33.3 Å². The Morgan fingerprint density at radius 3 is 2.03 bits per heavy atom. The lowest BCUT2D eigenvalue weighted by molar-refractivity contribution is 0.626. The summed E-state index contributed by atoms with van der Waals surface area (Å²) in [6.07, 6.45) is 9.65.